The summed E-state index contributed by atoms with van der Waals surface area (Å²) in [6, 6.07) is 8.26. The quantitative estimate of drug-likeness (QED) is 0.739. The van der Waals surface area contributed by atoms with E-state index in [1.54, 1.807) is 30.5 Å². The molecule has 0 saturated heterocycles. The van der Waals surface area contributed by atoms with Crippen LogP contribution in [-0.2, 0) is 10.0 Å². The summed E-state index contributed by atoms with van der Waals surface area (Å²) in [5.41, 5.74) is 0.973. The molecule has 0 unspecified atom stereocenters. The van der Waals surface area contributed by atoms with Crippen molar-refractivity contribution < 1.29 is 8.42 Å². The zero-order valence-corrected chi connectivity index (χ0v) is 10.9. The Morgan fingerprint density at radius 3 is 2.70 bits per heavy atom. The molecule has 0 spiro atoms. The standard InChI is InChI=1S/C11H10N6O2S/c18-20(19,11-5-6-12-14-11)15-9-3-1-2-4-10(9)17-8-7-13-16-17/h1-8,15H,(H,12,14). The van der Waals surface area contributed by atoms with Crippen molar-refractivity contribution in [1.82, 2.24) is 25.2 Å². The van der Waals surface area contributed by atoms with Crippen LogP contribution in [0, 0.1) is 0 Å². The van der Waals surface area contributed by atoms with Gasteiger partial charge in [0.1, 0.15) is 0 Å². The summed E-state index contributed by atoms with van der Waals surface area (Å²) >= 11 is 0. The smallest absolute Gasteiger partial charge is 0.276 e. The highest BCUT2D eigenvalue weighted by Crippen LogP contribution is 2.21. The lowest BCUT2D eigenvalue weighted by Gasteiger charge is -2.10. The molecule has 0 aliphatic carbocycles. The Bertz CT molecular complexity index is 795. The molecule has 3 aromatic rings. The minimum atomic E-state index is -3.71. The number of anilines is 1. The molecule has 2 N–H and O–H groups in total. The molecule has 102 valence electrons. The molecule has 0 aliphatic heterocycles. The van der Waals surface area contributed by atoms with E-state index in [4.69, 9.17) is 0 Å². The van der Waals surface area contributed by atoms with Crippen molar-refractivity contribution in [3.8, 4) is 5.69 Å². The predicted molar refractivity (Wildman–Crippen MR) is 70.8 cm³/mol. The van der Waals surface area contributed by atoms with Gasteiger partial charge in [-0.15, -0.1) is 5.10 Å². The molecule has 0 radical (unpaired) electrons. The van der Waals surface area contributed by atoms with Crippen molar-refractivity contribution >= 4 is 15.7 Å². The van der Waals surface area contributed by atoms with Crippen molar-refractivity contribution in [2.24, 2.45) is 0 Å². The predicted octanol–water partition coefficient (Wildman–Crippen LogP) is 0.791. The average molecular weight is 290 g/mol. The third-order valence-electron chi connectivity index (χ3n) is 2.58. The second-order valence-corrected chi connectivity index (χ2v) is 5.54. The number of hydrogen-bond donors (Lipinski definition) is 2. The lowest BCUT2D eigenvalue weighted by atomic mass is 10.3. The fraction of sp³-hybridized carbons (Fsp3) is 0. The molecular weight excluding hydrogens is 280 g/mol. The Morgan fingerprint density at radius 2 is 2.00 bits per heavy atom. The molecule has 0 saturated carbocycles. The van der Waals surface area contributed by atoms with Crippen LogP contribution in [0.1, 0.15) is 0 Å². The molecule has 9 heteroatoms. The lowest BCUT2D eigenvalue weighted by Crippen LogP contribution is -2.15. The topological polar surface area (TPSA) is 106 Å². The molecule has 8 nitrogen and oxygen atoms in total. The summed E-state index contributed by atoms with van der Waals surface area (Å²) in [6.07, 6.45) is 4.52. The first-order valence-electron chi connectivity index (χ1n) is 5.65. The number of H-pyrrole nitrogens is 1. The van der Waals surface area contributed by atoms with Gasteiger partial charge in [0.05, 0.1) is 30.0 Å². The molecule has 2 aromatic heterocycles. The number of nitrogens with one attached hydrogen (secondary N) is 2. The van der Waals surface area contributed by atoms with Gasteiger partial charge in [0, 0.05) is 0 Å². The van der Waals surface area contributed by atoms with Crippen molar-refractivity contribution in [3.63, 3.8) is 0 Å². The van der Waals surface area contributed by atoms with E-state index < -0.39 is 10.0 Å². The minimum absolute atomic E-state index is 0.00843. The van der Waals surface area contributed by atoms with Crippen LogP contribution in [0.3, 0.4) is 0 Å². The van der Waals surface area contributed by atoms with Gasteiger partial charge in [-0.1, -0.05) is 17.3 Å². The molecule has 3 rings (SSSR count). The summed E-state index contributed by atoms with van der Waals surface area (Å²) in [6.45, 7) is 0. The van der Waals surface area contributed by atoms with E-state index in [1.165, 1.54) is 23.1 Å². The summed E-state index contributed by atoms with van der Waals surface area (Å²) < 4.78 is 28.3. The van der Waals surface area contributed by atoms with Crippen molar-refractivity contribution in [2.75, 3.05) is 4.72 Å². The number of sulfonamides is 1. The van der Waals surface area contributed by atoms with Crippen LogP contribution >= 0.6 is 0 Å². The average Bonchev–Trinajstić information content (AvgIpc) is 3.13. The number of aromatic amines is 1. The van der Waals surface area contributed by atoms with E-state index in [-0.39, 0.29) is 5.03 Å². The first-order valence-corrected chi connectivity index (χ1v) is 7.13. The Hall–Kier alpha value is -2.68. The number of nitrogens with zero attached hydrogens (tertiary/aromatic N) is 4. The molecule has 2 heterocycles. The van der Waals surface area contributed by atoms with Crippen molar-refractivity contribution in [1.29, 1.82) is 0 Å². The highest BCUT2D eigenvalue weighted by molar-refractivity contribution is 7.92. The van der Waals surface area contributed by atoms with Gasteiger partial charge in [-0.05, 0) is 18.2 Å². The van der Waals surface area contributed by atoms with E-state index in [9.17, 15) is 8.42 Å². The third kappa shape index (κ3) is 2.26. The molecule has 0 atom stereocenters. The summed E-state index contributed by atoms with van der Waals surface area (Å²) in [5, 5.41) is 13.6. The number of hydrogen-bond acceptors (Lipinski definition) is 5. The normalized spacial score (nSPS) is 11.4. The van der Waals surface area contributed by atoms with Gasteiger partial charge in [0.15, 0.2) is 5.03 Å². The SMILES string of the molecule is O=S(=O)(Nc1ccccc1-n1ccnn1)c1ccn[nH]1. The Balaban J connectivity index is 2.00. The van der Waals surface area contributed by atoms with Crippen LogP contribution in [0.4, 0.5) is 5.69 Å². The maximum atomic E-state index is 12.2. The first-order chi connectivity index (χ1) is 9.67. The number of aromatic nitrogens is 5. The largest absolute Gasteiger partial charge is 0.278 e. The van der Waals surface area contributed by atoms with Gasteiger partial charge >= 0.3 is 0 Å². The second kappa shape index (κ2) is 4.78. The number of rotatable bonds is 4. The van der Waals surface area contributed by atoms with E-state index in [0.29, 0.717) is 11.4 Å². The third-order valence-corrected chi connectivity index (χ3v) is 3.88. The van der Waals surface area contributed by atoms with Gasteiger partial charge in [-0.3, -0.25) is 9.82 Å². The van der Waals surface area contributed by atoms with Crippen LogP contribution in [-0.4, -0.2) is 33.6 Å². The number of benzene rings is 1. The zero-order chi connectivity index (χ0) is 14.0. The van der Waals surface area contributed by atoms with Crippen molar-refractivity contribution in [2.45, 2.75) is 5.03 Å². The molecule has 0 aliphatic rings. The Kier molecular flexibility index (Phi) is 2.95. The van der Waals surface area contributed by atoms with Crippen LogP contribution < -0.4 is 4.72 Å². The van der Waals surface area contributed by atoms with Crippen LogP contribution in [0.5, 0.6) is 0 Å². The lowest BCUT2D eigenvalue weighted by molar-refractivity contribution is 0.597. The molecule has 0 bridgehead atoms. The minimum Gasteiger partial charge on any atom is -0.276 e. The fourth-order valence-corrected chi connectivity index (χ4v) is 2.67. The van der Waals surface area contributed by atoms with Crippen LogP contribution in [0.15, 0.2) is 53.9 Å². The molecule has 20 heavy (non-hydrogen) atoms. The summed E-state index contributed by atoms with van der Waals surface area (Å²) in [5.74, 6) is 0. The van der Waals surface area contributed by atoms with Gasteiger partial charge in [0.25, 0.3) is 10.0 Å². The fourth-order valence-electron chi connectivity index (χ4n) is 1.69. The maximum Gasteiger partial charge on any atom is 0.278 e. The van der Waals surface area contributed by atoms with Gasteiger partial charge < -0.3 is 0 Å². The first kappa shape index (κ1) is 12.4. The summed E-state index contributed by atoms with van der Waals surface area (Å²) in [7, 11) is -3.71. The van der Waals surface area contributed by atoms with Crippen LogP contribution in [0.25, 0.3) is 5.69 Å². The molecule has 0 fully saturated rings. The highest BCUT2D eigenvalue weighted by atomic mass is 32.2. The van der Waals surface area contributed by atoms with E-state index >= 15 is 0 Å². The van der Waals surface area contributed by atoms with E-state index in [0.717, 1.165) is 0 Å². The van der Waals surface area contributed by atoms with Gasteiger partial charge in [-0.2, -0.15) is 13.5 Å². The number of para-hydroxylation sites is 2. The Morgan fingerprint density at radius 1 is 1.15 bits per heavy atom. The van der Waals surface area contributed by atoms with Crippen molar-refractivity contribution in [3.05, 3.63) is 48.9 Å². The van der Waals surface area contributed by atoms with Gasteiger partial charge in [-0.25, -0.2) is 4.68 Å². The van der Waals surface area contributed by atoms with Gasteiger partial charge in [0.2, 0.25) is 0 Å². The zero-order valence-electron chi connectivity index (χ0n) is 10.1. The second-order valence-electron chi connectivity index (χ2n) is 3.89. The molecular formula is C11H10N6O2S. The molecule has 1 aromatic carbocycles. The highest BCUT2D eigenvalue weighted by Gasteiger charge is 2.17. The maximum absolute atomic E-state index is 12.2. The van der Waals surface area contributed by atoms with E-state index in [2.05, 4.69) is 25.2 Å². The Labute approximate surface area is 114 Å². The molecule has 0 amide bonds. The van der Waals surface area contributed by atoms with Crippen LogP contribution in [0.2, 0.25) is 0 Å². The monoisotopic (exact) mass is 290 g/mol. The van der Waals surface area contributed by atoms with E-state index in [1.807, 2.05) is 0 Å². The summed E-state index contributed by atoms with van der Waals surface area (Å²) in [4.78, 5) is 0.